The van der Waals surface area contributed by atoms with Crippen LogP contribution in [0.15, 0.2) is 11.1 Å². The molecular weight excluding hydrogens is 260 g/mol. The maximum atomic E-state index is 11.8. The van der Waals surface area contributed by atoms with Crippen LogP contribution in [0.2, 0.25) is 0 Å². The molecule has 8 nitrogen and oxygen atoms in total. The van der Waals surface area contributed by atoms with Gasteiger partial charge in [0, 0.05) is 17.7 Å². The number of amides is 1. The van der Waals surface area contributed by atoms with Crippen molar-refractivity contribution in [2.75, 3.05) is 0 Å². The molecule has 0 aliphatic heterocycles. The first kappa shape index (κ1) is 13.9. The van der Waals surface area contributed by atoms with Crippen molar-refractivity contribution in [3.63, 3.8) is 0 Å². The van der Waals surface area contributed by atoms with Crippen LogP contribution in [-0.2, 0) is 17.8 Å². The Kier molecular flexibility index (Phi) is 4.24. The Morgan fingerprint density at radius 2 is 2.20 bits per heavy atom. The van der Waals surface area contributed by atoms with Crippen LogP contribution in [0, 0.1) is 13.8 Å². The summed E-state index contributed by atoms with van der Waals surface area (Å²) in [6, 6.07) is 0. The van der Waals surface area contributed by atoms with Crippen molar-refractivity contribution in [2.45, 2.75) is 33.2 Å². The average Bonchev–Trinajstić information content (AvgIpc) is 2.88. The smallest absolute Gasteiger partial charge is 0.254 e. The molecule has 0 fully saturated rings. The fourth-order valence-electron chi connectivity index (χ4n) is 1.87. The van der Waals surface area contributed by atoms with Crippen molar-refractivity contribution in [2.24, 2.45) is 0 Å². The molecule has 0 atom stereocenters. The summed E-state index contributed by atoms with van der Waals surface area (Å²) >= 11 is 0. The van der Waals surface area contributed by atoms with Gasteiger partial charge in [-0.15, -0.1) is 0 Å². The molecule has 0 saturated heterocycles. The number of aromatic nitrogens is 5. The Labute approximate surface area is 115 Å². The molecule has 3 N–H and O–H groups in total. The van der Waals surface area contributed by atoms with E-state index in [1.807, 2.05) is 0 Å². The largest absolute Gasteiger partial charge is 0.349 e. The molecule has 2 aromatic heterocycles. The van der Waals surface area contributed by atoms with E-state index in [-0.39, 0.29) is 17.9 Å². The molecule has 2 rings (SSSR count). The van der Waals surface area contributed by atoms with Gasteiger partial charge in [0.15, 0.2) is 0 Å². The summed E-state index contributed by atoms with van der Waals surface area (Å²) in [5.41, 5.74) is 1.03. The zero-order valence-electron chi connectivity index (χ0n) is 11.4. The predicted octanol–water partition coefficient (Wildman–Crippen LogP) is -0.246. The number of carbonyl (C=O) groups excluding carboxylic acids is 1. The van der Waals surface area contributed by atoms with Gasteiger partial charge in [-0.1, -0.05) is 0 Å². The van der Waals surface area contributed by atoms with Crippen LogP contribution >= 0.6 is 0 Å². The summed E-state index contributed by atoms with van der Waals surface area (Å²) in [5.74, 6) is 1.01. The van der Waals surface area contributed by atoms with E-state index in [2.05, 4.69) is 30.5 Å². The van der Waals surface area contributed by atoms with Gasteiger partial charge < -0.3 is 10.3 Å². The van der Waals surface area contributed by atoms with E-state index < -0.39 is 0 Å². The second-order valence-electron chi connectivity index (χ2n) is 4.42. The third-order valence-corrected chi connectivity index (χ3v) is 2.86. The maximum absolute atomic E-state index is 11.8. The van der Waals surface area contributed by atoms with Gasteiger partial charge in [-0.2, -0.15) is 5.10 Å². The highest BCUT2D eigenvalue weighted by Crippen LogP contribution is 2.02. The molecule has 0 spiro atoms. The number of hydrogen-bond donors (Lipinski definition) is 3. The number of carbonyl (C=O) groups is 1. The van der Waals surface area contributed by atoms with Crippen LogP contribution in [0.1, 0.15) is 29.3 Å². The zero-order chi connectivity index (χ0) is 14.5. The molecule has 0 bridgehead atoms. The van der Waals surface area contributed by atoms with Crippen molar-refractivity contribution in [3.8, 4) is 0 Å². The maximum Gasteiger partial charge on any atom is 0.254 e. The monoisotopic (exact) mass is 276 g/mol. The number of hydrogen-bond acceptors (Lipinski definition) is 5. The van der Waals surface area contributed by atoms with E-state index >= 15 is 0 Å². The molecular formula is C12H16N6O2. The minimum atomic E-state index is -0.182. The summed E-state index contributed by atoms with van der Waals surface area (Å²) in [4.78, 5) is 34.2. The molecule has 0 saturated carbocycles. The Hall–Kier alpha value is -2.51. The number of H-pyrrole nitrogens is 2. The summed E-state index contributed by atoms with van der Waals surface area (Å²) in [5, 5.41) is 9.03. The molecule has 8 heteroatoms. The van der Waals surface area contributed by atoms with Crippen LogP contribution in [-0.4, -0.2) is 31.1 Å². The van der Waals surface area contributed by atoms with Crippen molar-refractivity contribution in [1.82, 2.24) is 30.5 Å². The molecule has 0 aromatic carbocycles. The van der Waals surface area contributed by atoms with Crippen molar-refractivity contribution >= 4 is 5.91 Å². The van der Waals surface area contributed by atoms with Crippen molar-refractivity contribution in [3.05, 3.63) is 39.6 Å². The first-order chi connectivity index (χ1) is 9.56. The highest BCUT2D eigenvalue weighted by Gasteiger charge is 2.09. The third kappa shape index (κ3) is 3.50. The lowest BCUT2D eigenvalue weighted by molar-refractivity contribution is -0.121. The molecule has 0 aliphatic rings. The molecule has 106 valence electrons. The van der Waals surface area contributed by atoms with Gasteiger partial charge in [0.1, 0.15) is 18.0 Å². The molecule has 20 heavy (non-hydrogen) atoms. The Bertz CT molecular complexity index is 646. The van der Waals surface area contributed by atoms with Gasteiger partial charge in [0.2, 0.25) is 5.91 Å². The standard InChI is InChI=1S/C12H16N6O2/c1-7-9(12(20)17-8(2)16-7)3-4-11(19)13-5-10-14-6-15-18-10/h6H,3-5H2,1-2H3,(H,13,19)(H,14,15,18)(H,16,17,20). The lowest BCUT2D eigenvalue weighted by Crippen LogP contribution is -2.25. The van der Waals surface area contributed by atoms with Crippen LogP contribution in [0.25, 0.3) is 0 Å². The van der Waals surface area contributed by atoms with Gasteiger partial charge in [-0.25, -0.2) is 9.97 Å². The number of aryl methyl sites for hydroxylation is 2. The van der Waals surface area contributed by atoms with E-state index in [1.165, 1.54) is 6.33 Å². The van der Waals surface area contributed by atoms with Gasteiger partial charge in [-0.3, -0.25) is 14.7 Å². The molecule has 0 radical (unpaired) electrons. The molecule has 2 aromatic rings. The lowest BCUT2D eigenvalue weighted by Gasteiger charge is -2.05. The first-order valence-corrected chi connectivity index (χ1v) is 6.23. The molecule has 2 heterocycles. The lowest BCUT2D eigenvalue weighted by atomic mass is 10.1. The van der Waals surface area contributed by atoms with E-state index in [0.717, 1.165) is 0 Å². The van der Waals surface area contributed by atoms with Crippen molar-refractivity contribution in [1.29, 1.82) is 0 Å². The summed E-state index contributed by atoms with van der Waals surface area (Å²) in [7, 11) is 0. The van der Waals surface area contributed by atoms with Crippen LogP contribution in [0.4, 0.5) is 0 Å². The number of nitrogens with zero attached hydrogens (tertiary/aromatic N) is 3. The topological polar surface area (TPSA) is 116 Å². The number of nitrogens with one attached hydrogen (secondary N) is 3. The zero-order valence-corrected chi connectivity index (χ0v) is 11.4. The fraction of sp³-hybridized carbons (Fsp3) is 0.417. The van der Waals surface area contributed by atoms with E-state index in [1.54, 1.807) is 13.8 Å². The predicted molar refractivity (Wildman–Crippen MR) is 70.9 cm³/mol. The van der Waals surface area contributed by atoms with Crippen LogP contribution in [0.3, 0.4) is 0 Å². The molecule has 1 amide bonds. The minimum absolute atomic E-state index is 0.152. The van der Waals surface area contributed by atoms with Gasteiger partial charge >= 0.3 is 0 Å². The number of aromatic amines is 2. The summed E-state index contributed by atoms with van der Waals surface area (Å²) < 4.78 is 0. The highest BCUT2D eigenvalue weighted by atomic mass is 16.1. The SMILES string of the molecule is Cc1nc(C)c(CCC(=O)NCc2ncn[nH]2)c(=O)[nH]1. The van der Waals surface area contributed by atoms with Gasteiger partial charge in [0.25, 0.3) is 5.56 Å². The third-order valence-electron chi connectivity index (χ3n) is 2.86. The van der Waals surface area contributed by atoms with Gasteiger partial charge in [-0.05, 0) is 20.3 Å². The van der Waals surface area contributed by atoms with E-state index in [4.69, 9.17) is 0 Å². The molecule has 0 unspecified atom stereocenters. The fourth-order valence-corrected chi connectivity index (χ4v) is 1.87. The van der Waals surface area contributed by atoms with E-state index in [0.29, 0.717) is 35.9 Å². The van der Waals surface area contributed by atoms with Gasteiger partial charge in [0.05, 0.1) is 6.54 Å². The quantitative estimate of drug-likeness (QED) is 0.696. The Morgan fingerprint density at radius 1 is 1.40 bits per heavy atom. The summed E-state index contributed by atoms with van der Waals surface area (Å²) in [6.45, 7) is 3.78. The second-order valence-corrected chi connectivity index (χ2v) is 4.42. The highest BCUT2D eigenvalue weighted by molar-refractivity contribution is 5.76. The minimum Gasteiger partial charge on any atom is -0.349 e. The summed E-state index contributed by atoms with van der Waals surface area (Å²) in [6.07, 6.45) is 1.96. The second kappa shape index (κ2) is 6.09. The first-order valence-electron chi connectivity index (χ1n) is 6.23. The Morgan fingerprint density at radius 3 is 2.85 bits per heavy atom. The number of rotatable bonds is 5. The molecule has 0 aliphatic carbocycles. The van der Waals surface area contributed by atoms with Crippen LogP contribution < -0.4 is 10.9 Å². The van der Waals surface area contributed by atoms with Crippen molar-refractivity contribution < 1.29 is 4.79 Å². The average molecular weight is 276 g/mol. The normalized spacial score (nSPS) is 10.5. The Balaban J connectivity index is 1.89. The van der Waals surface area contributed by atoms with E-state index in [9.17, 15) is 9.59 Å². The van der Waals surface area contributed by atoms with Crippen LogP contribution in [0.5, 0.6) is 0 Å².